The molecule has 0 N–H and O–H groups in total. The number of fused-ring (bicyclic) bond motifs is 1. The van der Waals surface area contributed by atoms with Crippen molar-refractivity contribution in [2.45, 2.75) is 19.9 Å². The zero-order valence-corrected chi connectivity index (χ0v) is 15.8. The van der Waals surface area contributed by atoms with Gasteiger partial charge in [0, 0.05) is 36.2 Å². The maximum absolute atomic E-state index is 13.2. The molecule has 0 radical (unpaired) electrons. The molecule has 3 aromatic rings. The van der Waals surface area contributed by atoms with Gasteiger partial charge in [0.15, 0.2) is 0 Å². The Balaban J connectivity index is 1.68. The molecule has 142 valence electrons. The Bertz CT molecular complexity index is 1020. The minimum atomic E-state index is -0.355. The number of carbonyl (C=O) groups excluding carboxylic acids is 1. The number of carbonyl (C=O) groups is 1. The van der Waals surface area contributed by atoms with Crippen molar-refractivity contribution in [1.82, 2.24) is 14.9 Å². The Morgan fingerprint density at radius 1 is 1.07 bits per heavy atom. The number of halogens is 1. The van der Waals surface area contributed by atoms with Gasteiger partial charge in [-0.15, -0.1) is 0 Å². The summed E-state index contributed by atoms with van der Waals surface area (Å²) in [6, 6.07) is 13.4. The third-order valence-corrected chi connectivity index (χ3v) is 4.91. The third kappa shape index (κ3) is 3.45. The fraction of sp³-hybridized carbons (Fsp3) is 0.227. The maximum Gasteiger partial charge on any atom is 0.254 e. The maximum atomic E-state index is 13.2. The van der Waals surface area contributed by atoms with Crippen LogP contribution < -0.4 is 4.74 Å². The van der Waals surface area contributed by atoms with Crippen molar-refractivity contribution >= 4 is 5.91 Å². The van der Waals surface area contributed by atoms with E-state index >= 15 is 0 Å². The number of hydrogen-bond acceptors (Lipinski definition) is 4. The van der Waals surface area contributed by atoms with Gasteiger partial charge < -0.3 is 9.64 Å². The summed E-state index contributed by atoms with van der Waals surface area (Å²) in [5.41, 5.74) is 4.20. The highest BCUT2D eigenvalue weighted by atomic mass is 19.1. The number of hydrogen-bond donors (Lipinski definition) is 0. The molecule has 0 saturated heterocycles. The van der Waals surface area contributed by atoms with Crippen LogP contribution in [0.25, 0.3) is 11.3 Å². The van der Waals surface area contributed by atoms with Gasteiger partial charge in [-0.1, -0.05) is 0 Å². The molecule has 1 aliphatic rings. The second kappa shape index (κ2) is 7.38. The summed E-state index contributed by atoms with van der Waals surface area (Å²) in [6.07, 6.45) is 0.661. The lowest BCUT2D eigenvalue weighted by molar-refractivity contribution is 0.0733. The third-order valence-electron chi connectivity index (χ3n) is 4.91. The number of rotatable bonds is 3. The number of ether oxygens (including phenoxy) is 1. The first-order chi connectivity index (χ1) is 13.5. The second-order valence-corrected chi connectivity index (χ2v) is 6.76. The van der Waals surface area contributed by atoms with Gasteiger partial charge in [-0.3, -0.25) is 4.79 Å². The zero-order chi connectivity index (χ0) is 19.7. The molecule has 1 amide bonds. The van der Waals surface area contributed by atoms with Crippen LogP contribution in [0.4, 0.5) is 4.39 Å². The molecule has 2 aromatic carbocycles. The average molecular weight is 377 g/mol. The van der Waals surface area contributed by atoms with Crippen molar-refractivity contribution in [3.8, 4) is 17.0 Å². The molecule has 0 unspecified atom stereocenters. The van der Waals surface area contributed by atoms with Crippen LogP contribution >= 0.6 is 0 Å². The van der Waals surface area contributed by atoms with Crippen molar-refractivity contribution in [2.24, 2.45) is 0 Å². The molecule has 0 saturated carbocycles. The summed E-state index contributed by atoms with van der Waals surface area (Å²) in [5.74, 6) is 1.01. The standard InChI is InChI=1S/C22H20FN3O2/c1-14-24-20-11-12-26(22(27)16-3-7-17(23)8-4-16)13-19(20)21(25-14)15-5-9-18(28-2)10-6-15/h3-10H,11-13H2,1-2H3. The molecule has 1 aromatic heterocycles. The number of methoxy groups -OCH3 is 1. The van der Waals surface area contributed by atoms with Crippen molar-refractivity contribution < 1.29 is 13.9 Å². The van der Waals surface area contributed by atoms with Crippen LogP contribution in [0.1, 0.15) is 27.4 Å². The van der Waals surface area contributed by atoms with Gasteiger partial charge in [0.2, 0.25) is 0 Å². The molecule has 0 spiro atoms. The second-order valence-electron chi connectivity index (χ2n) is 6.76. The molecular weight excluding hydrogens is 357 g/mol. The highest BCUT2D eigenvalue weighted by Crippen LogP contribution is 2.30. The normalized spacial score (nSPS) is 13.2. The van der Waals surface area contributed by atoms with Crippen LogP contribution in [-0.4, -0.2) is 34.4 Å². The van der Waals surface area contributed by atoms with Crippen molar-refractivity contribution in [1.29, 1.82) is 0 Å². The fourth-order valence-corrected chi connectivity index (χ4v) is 3.47. The lowest BCUT2D eigenvalue weighted by atomic mass is 9.98. The molecule has 28 heavy (non-hydrogen) atoms. The topological polar surface area (TPSA) is 55.3 Å². The van der Waals surface area contributed by atoms with E-state index in [1.54, 1.807) is 12.0 Å². The Morgan fingerprint density at radius 3 is 2.46 bits per heavy atom. The summed E-state index contributed by atoms with van der Waals surface area (Å²) in [5, 5.41) is 0. The van der Waals surface area contributed by atoms with Crippen molar-refractivity contribution in [3.63, 3.8) is 0 Å². The van der Waals surface area contributed by atoms with Gasteiger partial charge in [0.1, 0.15) is 17.4 Å². The summed E-state index contributed by atoms with van der Waals surface area (Å²) in [6.45, 7) is 2.87. The lowest BCUT2D eigenvalue weighted by Gasteiger charge is -2.30. The smallest absolute Gasteiger partial charge is 0.254 e. The first-order valence-corrected chi connectivity index (χ1v) is 9.11. The number of amides is 1. The predicted molar refractivity (Wildman–Crippen MR) is 104 cm³/mol. The van der Waals surface area contributed by atoms with Crippen LogP contribution in [0.2, 0.25) is 0 Å². The molecule has 4 rings (SSSR count). The monoisotopic (exact) mass is 377 g/mol. The molecule has 1 aliphatic heterocycles. The number of aromatic nitrogens is 2. The SMILES string of the molecule is COc1ccc(-c2nc(C)nc3c2CN(C(=O)c2ccc(F)cc2)CC3)cc1. The van der Waals surface area contributed by atoms with E-state index in [2.05, 4.69) is 9.97 Å². The number of aryl methyl sites for hydroxylation is 1. The molecular formula is C22H20FN3O2. The van der Waals surface area contributed by atoms with E-state index in [0.29, 0.717) is 30.9 Å². The van der Waals surface area contributed by atoms with E-state index in [4.69, 9.17) is 4.74 Å². The molecule has 2 heterocycles. The average Bonchev–Trinajstić information content (AvgIpc) is 2.73. The first kappa shape index (κ1) is 18.1. The Hall–Kier alpha value is -3.28. The van der Waals surface area contributed by atoms with Gasteiger partial charge >= 0.3 is 0 Å². The summed E-state index contributed by atoms with van der Waals surface area (Å²) in [7, 11) is 1.63. The predicted octanol–water partition coefficient (Wildman–Crippen LogP) is 3.80. The van der Waals surface area contributed by atoms with E-state index in [0.717, 1.165) is 28.3 Å². The Labute approximate surface area is 162 Å². The summed E-state index contributed by atoms with van der Waals surface area (Å²) >= 11 is 0. The van der Waals surface area contributed by atoms with Crippen LogP contribution in [0, 0.1) is 12.7 Å². The van der Waals surface area contributed by atoms with Gasteiger partial charge in [-0.05, 0) is 55.5 Å². The molecule has 0 bridgehead atoms. The molecule has 0 fully saturated rings. The first-order valence-electron chi connectivity index (χ1n) is 9.11. The molecule has 5 nitrogen and oxygen atoms in total. The minimum Gasteiger partial charge on any atom is -0.497 e. The molecule has 6 heteroatoms. The van der Waals surface area contributed by atoms with Gasteiger partial charge in [-0.2, -0.15) is 0 Å². The Kier molecular flexibility index (Phi) is 4.77. The van der Waals surface area contributed by atoms with E-state index in [1.165, 1.54) is 24.3 Å². The molecule has 0 atom stereocenters. The summed E-state index contributed by atoms with van der Waals surface area (Å²) < 4.78 is 18.4. The minimum absolute atomic E-state index is 0.119. The van der Waals surface area contributed by atoms with Crippen molar-refractivity contribution in [3.05, 3.63) is 77.0 Å². The van der Waals surface area contributed by atoms with Gasteiger partial charge in [0.25, 0.3) is 5.91 Å². The highest BCUT2D eigenvalue weighted by molar-refractivity contribution is 5.94. The highest BCUT2D eigenvalue weighted by Gasteiger charge is 2.26. The van der Waals surface area contributed by atoms with Crippen LogP contribution in [0.3, 0.4) is 0 Å². The van der Waals surface area contributed by atoms with E-state index < -0.39 is 0 Å². The fourth-order valence-electron chi connectivity index (χ4n) is 3.47. The van der Waals surface area contributed by atoms with Crippen molar-refractivity contribution in [2.75, 3.05) is 13.7 Å². The van der Waals surface area contributed by atoms with Crippen LogP contribution in [0.15, 0.2) is 48.5 Å². The number of benzene rings is 2. The van der Waals surface area contributed by atoms with Gasteiger partial charge in [0.05, 0.1) is 18.5 Å². The zero-order valence-electron chi connectivity index (χ0n) is 15.8. The Morgan fingerprint density at radius 2 is 1.79 bits per heavy atom. The van der Waals surface area contributed by atoms with E-state index in [-0.39, 0.29) is 11.7 Å². The van der Waals surface area contributed by atoms with E-state index in [9.17, 15) is 9.18 Å². The largest absolute Gasteiger partial charge is 0.497 e. The molecule has 0 aliphatic carbocycles. The van der Waals surface area contributed by atoms with Gasteiger partial charge in [-0.25, -0.2) is 14.4 Å². The number of nitrogens with zero attached hydrogens (tertiary/aromatic N) is 3. The van der Waals surface area contributed by atoms with E-state index in [1.807, 2.05) is 31.2 Å². The van der Waals surface area contributed by atoms with Crippen LogP contribution in [-0.2, 0) is 13.0 Å². The lowest BCUT2D eigenvalue weighted by Crippen LogP contribution is -2.37. The quantitative estimate of drug-likeness (QED) is 0.697. The van der Waals surface area contributed by atoms with Crippen LogP contribution in [0.5, 0.6) is 5.75 Å². The summed E-state index contributed by atoms with van der Waals surface area (Å²) in [4.78, 5) is 23.9.